The summed E-state index contributed by atoms with van der Waals surface area (Å²) in [4.78, 5) is 11.2. The fourth-order valence-electron chi connectivity index (χ4n) is 1.25. The van der Waals surface area contributed by atoms with E-state index in [1.807, 2.05) is 0 Å². The molecule has 0 atom stereocenters. The Labute approximate surface area is 104 Å². The van der Waals surface area contributed by atoms with E-state index in [4.69, 9.17) is 33.7 Å². The zero-order chi connectivity index (χ0) is 12.0. The van der Waals surface area contributed by atoms with Crippen LogP contribution in [0.3, 0.4) is 0 Å². The van der Waals surface area contributed by atoms with Crippen LogP contribution >= 0.6 is 23.2 Å². The van der Waals surface area contributed by atoms with Crippen molar-refractivity contribution in [2.24, 2.45) is 0 Å². The van der Waals surface area contributed by atoms with Gasteiger partial charge in [-0.1, -0.05) is 11.6 Å². The van der Waals surface area contributed by atoms with Gasteiger partial charge in [-0.25, -0.2) is 0 Å². The summed E-state index contributed by atoms with van der Waals surface area (Å²) in [5.74, 6) is 0.0317. The molecular formula is C11H13Cl2NO2. The van der Waals surface area contributed by atoms with E-state index in [0.717, 1.165) is 5.56 Å². The Bertz CT molecular complexity index is 369. The molecule has 16 heavy (non-hydrogen) atoms. The SMILES string of the molecule is Nc1ccc(Cl)c(CCC(=O)OCCCl)c1. The minimum Gasteiger partial charge on any atom is -0.464 e. The summed E-state index contributed by atoms with van der Waals surface area (Å²) in [6, 6.07) is 5.20. The summed E-state index contributed by atoms with van der Waals surface area (Å²) in [6.45, 7) is 0.241. The van der Waals surface area contributed by atoms with Gasteiger partial charge in [0.1, 0.15) is 6.61 Å². The normalized spacial score (nSPS) is 10.1. The van der Waals surface area contributed by atoms with Crippen LogP contribution in [-0.2, 0) is 16.0 Å². The number of aryl methyl sites for hydroxylation is 1. The van der Waals surface area contributed by atoms with Crippen LogP contribution < -0.4 is 5.73 Å². The van der Waals surface area contributed by atoms with Crippen molar-refractivity contribution >= 4 is 34.9 Å². The minimum absolute atomic E-state index is 0.241. The van der Waals surface area contributed by atoms with Gasteiger partial charge in [0.2, 0.25) is 0 Å². The first-order valence-corrected chi connectivity index (χ1v) is 5.80. The summed E-state index contributed by atoms with van der Waals surface area (Å²) in [5.41, 5.74) is 7.11. The minimum atomic E-state index is -0.279. The third-order valence-electron chi connectivity index (χ3n) is 2.01. The van der Waals surface area contributed by atoms with E-state index in [1.165, 1.54) is 0 Å². The van der Waals surface area contributed by atoms with Crippen molar-refractivity contribution in [2.75, 3.05) is 18.2 Å². The second kappa shape index (κ2) is 6.61. The number of alkyl halides is 1. The Balaban J connectivity index is 2.47. The highest BCUT2D eigenvalue weighted by Crippen LogP contribution is 2.20. The summed E-state index contributed by atoms with van der Waals surface area (Å²) >= 11 is 11.3. The Kier molecular flexibility index (Phi) is 5.43. The van der Waals surface area contributed by atoms with E-state index >= 15 is 0 Å². The topological polar surface area (TPSA) is 52.3 Å². The van der Waals surface area contributed by atoms with Crippen LogP contribution in [-0.4, -0.2) is 18.5 Å². The number of hydrogen-bond donors (Lipinski definition) is 1. The maximum atomic E-state index is 11.2. The summed E-state index contributed by atoms with van der Waals surface area (Å²) < 4.78 is 4.84. The first-order valence-electron chi connectivity index (χ1n) is 4.89. The molecule has 0 aliphatic carbocycles. The third-order valence-corrected chi connectivity index (χ3v) is 2.53. The van der Waals surface area contributed by atoms with Gasteiger partial charge in [0, 0.05) is 17.1 Å². The zero-order valence-electron chi connectivity index (χ0n) is 8.71. The van der Waals surface area contributed by atoms with E-state index in [0.29, 0.717) is 23.0 Å². The Morgan fingerprint density at radius 3 is 2.88 bits per heavy atom. The van der Waals surface area contributed by atoms with Crippen molar-refractivity contribution in [3.05, 3.63) is 28.8 Å². The number of carbonyl (C=O) groups excluding carboxylic acids is 1. The van der Waals surface area contributed by atoms with Crippen molar-refractivity contribution in [2.45, 2.75) is 12.8 Å². The molecule has 3 nitrogen and oxygen atoms in total. The summed E-state index contributed by atoms with van der Waals surface area (Å²) in [5, 5.41) is 0.611. The average molecular weight is 262 g/mol. The number of rotatable bonds is 5. The number of carbonyl (C=O) groups is 1. The Morgan fingerprint density at radius 2 is 2.19 bits per heavy atom. The fraction of sp³-hybridized carbons (Fsp3) is 0.364. The first kappa shape index (κ1) is 13.1. The number of ether oxygens (including phenoxy) is 1. The molecule has 0 bridgehead atoms. The number of anilines is 1. The van der Waals surface area contributed by atoms with E-state index in [9.17, 15) is 4.79 Å². The maximum Gasteiger partial charge on any atom is 0.306 e. The standard InChI is InChI=1S/C11H13Cl2NO2/c12-5-6-16-11(15)4-1-8-7-9(14)2-3-10(8)13/h2-3,7H,1,4-6,14H2. The number of nitrogens with two attached hydrogens (primary N) is 1. The Morgan fingerprint density at radius 1 is 1.44 bits per heavy atom. The number of hydrogen-bond acceptors (Lipinski definition) is 3. The van der Waals surface area contributed by atoms with E-state index in [-0.39, 0.29) is 19.0 Å². The predicted molar refractivity (Wildman–Crippen MR) is 65.9 cm³/mol. The number of esters is 1. The number of nitrogen functional groups attached to an aromatic ring is 1. The van der Waals surface area contributed by atoms with Crippen LogP contribution in [0.2, 0.25) is 5.02 Å². The monoisotopic (exact) mass is 261 g/mol. The molecule has 1 aromatic rings. The maximum absolute atomic E-state index is 11.2. The van der Waals surface area contributed by atoms with Gasteiger partial charge in [0.05, 0.1) is 5.88 Å². The van der Waals surface area contributed by atoms with Crippen molar-refractivity contribution in [3.8, 4) is 0 Å². The molecule has 2 N–H and O–H groups in total. The van der Waals surface area contributed by atoms with Crippen molar-refractivity contribution < 1.29 is 9.53 Å². The zero-order valence-corrected chi connectivity index (χ0v) is 10.2. The first-order chi connectivity index (χ1) is 7.63. The van der Waals surface area contributed by atoms with Gasteiger partial charge in [0.25, 0.3) is 0 Å². The molecule has 1 rings (SSSR count). The van der Waals surface area contributed by atoms with Gasteiger partial charge >= 0.3 is 5.97 Å². The molecule has 88 valence electrons. The lowest BCUT2D eigenvalue weighted by molar-refractivity contribution is -0.142. The lowest BCUT2D eigenvalue weighted by Gasteiger charge is -2.05. The highest BCUT2D eigenvalue weighted by molar-refractivity contribution is 6.31. The van der Waals surface area contributed by atoms with Gasteiger partial charge in [-0.15, -0.1) is 11.6 Å². The molecule has 0 fully saturated rings. The van der Waals surface area contributed by atoms with Crippen molar-refractivity contribution in [3.63, 3.8) is 0 Å². The summed E-state index contributed by atoms with van der Waals surface area (Å²) in [6.07, 6.45) is 0.797. The highest BCUT2D eigenvalue weighted by Gasteiger charge is 2.06. The van der Waals surface area contributed by atoms with Crippen LogP contribution in [0.4, 0.5) is 5.69 Å². The number of halogens is 2. The quantitative estimate of drug-likeness (QED) is 0.504. The largest absolute Gasteiger partial charge is 0.464 e. The van der Waals surface area contributed by atoms with Gasteiger partial charge in [-0.05, 0) is 30.2 Å². The Hall–Kier alpha value is -0.930. The molecule has 1 aromatic carbocycles. The summed E-state index contributed by atoms with van der Waals surface area (Å²) in [7, 11) is 0. The molecule has 0 aromatic heterocycles. The fourth-order valence-corrected chi connectivity index (χ4v) is 1.54. The molecule has 0 aliphatic rings. The molecule has 0 spiro atoms. The van der Waals surface area contributed by atoms with Crippen molar-refractivity contribution in [1.82, 2.24) is 0 Å². The number of benzene rings is 1. The highest BCUT2D eigenvalue weighted by atomic mass is 35.5. The molecule has 0 amide bonds. The molecule has 0 unspecified atom stereocenters. The lowest BCUT2D eigenvalue weighted by atomic mass is 10.1. The molecule has 5 heteroatoms. The second-order valence-corrected chi connectivity index (χ2v) is 4.05. The van der Waals surface area contributed by atoms with Gasteiger partial charge in [-0.2, -0.15) is 0 Å². The van der Waals surface area contributed by atoms with Gasteiger partial charge < -0.3 is 10.5 Å². The van der Waals surface area contributed by atoms with Gasteiger partial charge in [0.15, 0.2) is 0 Å². The van der Waals surface area contributed by atoms with Gasteiger partial charge in [-0.3, -0.25) is 4.79 Å². The van der Waals surface area contributed by atoms with Crippen molar-refractivity contribution in [1.29, 1.82) is 0 Å². The molecule has 0 saturated heterocycles. The van der Waals surface area contributed by atoms with Crippen LogP contribution in [0.25, 0.3) is 0 Å². The molecule has 0 radical (unpaired) electrons. The van der Waals surface area contributed by atoms with E-state index in [1.54, 1.807) is 18.2 Å². The smallest absolute Gasteiger partial charge is 0.306 e. The van der Waals surface area contributed by atoms with Crippen LogP contribution in [0.15, 0.2) is 18.2 Å². The van der Waals surface area contributed by atoms with Crippen LogP contribution in [0, 0.1) is 0 Å². The van der Waals surface area contributed by atoms with E-state index in [2.05, 4.69) is 0 Å². The average Bonchev–Trinajstić information content (AvgIpc) is 2.27. The molecular weight excluding hydrogens is 249 g/mol. The lowest BCUT2D eigenvalue weighted by Crippen LogP contribution is -2.08. The third kappa shape index (κ3) is 4.29. The van der Waals surface area contributed by atoms with E-state index < -0.39 is 0 Å². The van der Waals surface area contributed by atoms with Crippen LogP contribution in [0.1, 0.15) is 12.0 Å². The predicted octanol–water partition coefficient (Wildman–Crippen LogP) is 2.64. The second-order valence-electron chi connectivity index (χ2n) is 3.26. The molecule has 0 saturated carbocycles. The molecule has 0 heterocycles. The van der Waals surface area contributed by atoms with Crippen LogP contribution in [0.5, 0.6) is 0 Å². The molecule has 0 aliphatic heterocycles.